The Morgan fingerprint density at radius 3 is 1.31 bits per heavy atom. The topological polar surface area (TPSA) is 58.2 Å². The molecule has 12 rings (SSSR count). The molecule has 0 N–H and O–H groups in total. The van der Waals surface area contributed by atoms with Crippen LogP contribution in [0.15, 0.2) is 241 Å². The summed E-state index contributed by atoms with van der Waals surface area (Å²) in [5.74, 6) is 0. The van der Waals surface area contributed by atoms with Crippen LogP contribution in [0.4, 0.5) is 17.1 Å². The van der Waals surface area contributed by atoms with Crippen molar-refractivity contribution in [3.8, 4) is 50.2 Å². The predicted octanol–water partition coefficient (Wildman–Crippen LogP) is 17.0. The molecular weight excluding hydrogens is 925 g/mol. The van der Waals surface area contributed by atoms with Crippen molar-refractivity contribution in [2.75, 3.05) is 51.7 Å². The maximum Gasteiger partial charge on any atom is 0.143 e. The van der Waals surface area contributed by atoms with Crippen LogP contribution in [0.2, 0.25) is 0 Å². The molecule has 0 unspecified atom stereocenters. The number of anilines is 3. The lowest BCUT2D eigenvalue weighted by atomic mass is 9.99. The highest BCUT2D eigenvalue weighted by atomic mass is 16.6. The van der Waals surface area contributed by atoms with Crippen LogP contribution in [0.25, 0.3) is 93.9 Å². The van der Waals surface area contributed by atoms with Crippen LogP contribution >= 0.6 is 0 Å². The third kappa shape index (κ3) is 9.98. The van der Waals surface area contributed by atoms with Crippen molar-refractivity contribution in [2.24, 2.45) is 0 Å². The molecule has 0 radical (unpaired) electrons. The summed E-state index contributed by atoms with van der Waals surface area (Å²) in [4.78, 5) is 2.33. The van der Waals surface area contributed by atoms with E-state index in [1.807, 2.05) is 12.1 Å². The molecule has 0 fully saturated rings. The van der Waals surface area contributed by atoms with E-state index in [0.717, 1.165) is 94.8 Å². The first kappa shape index (κ1) is 47.4. The molecular formula is C68H56N2O5. The normalized spacial score (nSPS) is 11.6. The van der Waals surface area contributed by atoms with E-state index < -0.39 is 0 Å². The van der Waals surface area contributed by atoms with Crippen LogP contribution < -0.4 is 4.90 Å². The van der Waals surface area contributed by atoms with E-state index in [4.69, 9.17) is 23.4 Å². The maximum absolute atomic E-state index is 6.45. The van der Waals surface area contributed by atoms with Gasteiger partial charge >= 0.3 is 0 Å². The van der Waals surface area contributed by atoms with E-state index in [0.29, 0.717) is 46.2 Å². The van der Waals surface area contributed by atoms with Crippen LogP contribution in [0.1, 0.15) is 5.56 Å². The van der Waals surface area contributed by atoms with Gasteiger partial charge in [0.05, 0.1) is 57.3 Å². The minimum Gasteiger partial charge on any atom is -0.455 e. The van der Waals surface area contributed by atoms with Crippen LogP contribution in [0, 0.1) is 0 Å². The van der Waals surface area contributed by atoms with E-state index in [2.05, 4.69) is 234 Å². The number of hydrogen-bond donors (Lipinski definition) is 0. The van der Waals surface area contributed by atoms with Gasteiger partial charge in [0.1, 0.15) is 11.2 Å². The molecule has 0 bridgehead atoms. The fourth-order valence-corrected chi connectivity index (χ4v) is 10.2. The van der Waals surface area contributed by atoms with Crippen molar-refractivity contribution in [3.05, 3.63) is 242 Å². The average molecular weight is 981 g/mol. The van der Waals surface area contributed by atoms with Crippen molar-refractivity contribution < 1.29 is 23.4 Å². The van der Waals surface area contributed by atoms with Gasteiger partial charge in [0, 0.05) is 57.0 Å². The number of para-hydroxylation sites is 4. The summed E-state index contributed by atoms with van der Waals surface area (Å²) in [6, 6.07) is 84.9. The minimum absolute atomic E-state index is 0.533. The molecule has 7 nitrogen and oxygen atoms in total. The van der Waals surface area contributed by atoms with Crippen molar-refractivity contribution in [3.63, 3.8) is 0 Å². The van der Waals surface area contributed by atoms with Gasteiger partial charge in [-0.15, -0.1) is 0 Å². The van der Waals surface area contributed by atoms with Gasteiger partial charge in [0.2, 0.25) is 0 Å². The second-order valence-corrected chi connectivity index (χ2v) is 18.7. The summed E-state index contributed by atoms with van der Waals surface area (Å²) >= 11 is 0. The van der Waals surface area contributed by atoms with E-state index >= 15 is 0 Å². The predicted molar refractivity (Wildman–Crippen MR) is 308 cm³/mol. The highest BCUT2D eigenvalue weighted by molar-refractivity contribution is 6.10. The Morgan fingerprint density at radius 1 is 0.360 bits per heavy atom. The molecule has 0 aliphatic rings. The number of benzene rings is 10. The summed E-state index contributed by atoms with van der Waals surface area (Å²) in [6.45, 7) is 3.88. The summed E-state index contributed by atoms with van der Waals surface area (Å²) < 4.78 is 30.7. The van der Waals surface area contributed by atoms with Gasteiger partial charge in [-0.05, 0) is 111 Å². The van der Waals surface area contributed by atoms with Gasteiger partial charge in [0.25, 0.3) is 0 Å². The molecule has 2 aromatic heterocycles. The number of ether oxygens (including phenoxy) is 4. The van der Waals surface area contributed by atoms with Crippen LogP contribution in [-0.4, -0.2) is 51.3 Å². The molecule has 10 aromatic carbocycles. The molecule has 0 aliphatic heterocycles. The van der Waals surface area contributed by atoms with Gasteiger partial charge in [-0.25, -0.2) is 0 Å². The Bertz CT molecular complexity index is 3790. The van der Waals surface area contributed by atoms with E-state index in [9.17, 15) is 0 Å². The largest absolute Gasteiger partial charge is 0.455 e. The maximum atomic E-state index is 6.45. The Kier molecular flexibility index (Phi) is 13.8. The summed E-state index contributed by atoms with van der Waals surface area (Å²) in [7, 11) is 1.67. The lowest BCUT2D eigenvalue weighted by molar-refractivity contribution is 0.000870. The summed E-state index contributed by atoms with van der Waals surface area (Å²) in [5.41, 5.74) is 18.8. The zero-order valence-corrected chi connectivity index (χ0v) is 41.9. The molecule has 0 saturated carbocycles. The van der Waals surface area contributed by atoms with Gasteiger partial charge in [0.15, 0.2) is 0 Å². The van der Waals surface area contributed by atoms with Crippen molar-refractivity contribution in [1.29, 1.82) is 0 Å². The third-order valence-electron chi connectivity index (χ3n) is 14.1. The third-order valence-corrected chi connectivity index (χ3v) is 14.1. The highest BCUT2D eigenvalue weighted by Gasteiger charge is 2.17. The zero-order chi connectivity index (χ0) is 50.3. The first-order chi connectivity index (χ1) is 37.2. The van der Waals surface area contributed by atoms with Crippen molar-refractivity contribution in [1.82, 2.24) is 4.57 Å². The molecule has 12 aromatic rings. The lowest BCUT2D eigenvalue weighted by Crippen LogP contribution is -2.11. The molecule has 368 valence electrons. The fourth-order valence-electron chi connectivity index (χ4n) is 10.2. The monoisotopic (exact) mass is 980 g/mol. The van der Waals surface area contributed by atoms with E-state index in [-0.39, 0.29) is 0 Å². The molecule has 0 aliphatic carbocycles. The van der Waals surface area contributed by atoms with Gasteiger partial charge in [-0.3, -0.25) is 0 Å². The fraction of sp³-hybridized carbons (Fsp3) is 0.118. The number of fused-ring (bicyclic) bond motifs is 6. The summed E-state index contributed by atoms with van der Waals surface area (Å²) in [5, 5.41) is 4.77. The van der Waals surface area contributed by atoms with Gasteiger partial charge < -0.3 is 32.8 Å². The molecule has 0 spiro atoms. The second-order valence-electron chi connectivity index (χ2n) is 18.7. The van der Waals surface area contributed by atoms with E-state index in [1.54, 1.807) is 7.11 Å². The SMILES string of the molecule is COCCOCCOCCOCc1ccc(-c2ccc(-c3ccc(N(c4ccc(-c5ccc(-n6c7ccccc7c7ccccc76)cc5)cc4)c4ccc(-c5cccc6c5oc5ccccc56)cc4)cc3)cc2)cc1. The van der Waals surface area contributed by atoms with Crippen LogP contribution in [-0.2, 0) is 25.6 Å². The molecule has 0 saturated heterocycles. The minimum atomic E-state index is 0.533. The zero-order valence-electron chi connectivity index (χ0n) is 41.9. The van der Waals surface area contributed by atoms with E-state index in [1.165, 1.54) is 21.8 Å². The van der Waals surface area contributed by atoms with Crippen molar-refractivity contribution >= 4 is 60.8 Å². The number of nitrogens with zero attached hydrogens (tertiary/aromatic N) is 2. The van der Waals surface area contributed by atoms with Crippen LogP contribution in [0.3, 0.4) is 0 Å². The Labute approximate surface area is 437 Å². The Morgan fingerprint density at radius 2 is 0.773 bits per heavy atom. The number of hydrogen-bond acceptors (Lipinski definition) is 6. The first-order valence-electron chi connectivity index (χ1n) is 25.7. The standard InChI is InChI=1S/C68H56N2O5/c1-71-41-42-72-43-44-73-45-46-74-47-48-17-19-49(20-18-48)50-21-23-51(24-22-50)52-25-33-56(34-26-52)69(58-39-31-55(32-40-58)60-12-8-13-64-63-11-4-7-16-67(63)75-68(60)64)57-35-27-53(28-36-57)54-29-37-59(38-30-54)70-65-14-5-2-9-61(65)62-10-3-6-15-66(62)70/h2-40H,41-47H2,1H3. The number of furan rings is 1. The molecule has 75 heavy (non-hydrogen) atoms. The van der Waals surface area contributed by atoms with Crippen LogP contribution in [0.5, 0.6) is 0 Å². The number of methoxy groups -OCH3 is 1. The second kappa shape index (κ2) is 21.9. The highest BCUT2D eigenvalue weighted by Crippen LogP contribution is 2.41. The first-order valence-corrected chi connectivity index (χ1v) is 25.7. The molecule has 2 heterocycles. The lowest BCUT2D eigenvalue weighted by Gasteiger charge is -2.26. The van der Waals surface area contributed by atoms with Gasteiger partial charge in [-0.2, -0.15) is 0 Å². The number of aromatic nitrogens is 1. The summed E-state index contributed by atoms with van der Waals surface area (Å²) in [6.07, 6.45) is 0. The molecule has 7 heteroatoms. The average Bonchev–Trinajstić information content (AvgIpc) is 4.05. The smallest absolute Gasteiger partial charge is 0.143 e. The molecule has 0 atom stereocenters. The van der Waals surface area contributed by atoms with Gasteiger partial charge in [-0.1, -0.05) is 170 Å². The number of rotatable bonds is 19. The Hall–Kier alpha value is -8.56. The Balaban J connectivity index is 0.782. The van der Waals surface area contributed by atoms with Crippen molar-refractivity contribution in [2.45, 2.75) is 6.61 Å². The molecule has 0 amide bonds. The quantitative estimate of drug-likeness (QED) is 0.0753.